The zero-order valence-electron chi connectivity index (χ0n) is 14.3. The number of anilines is 2. The third-order valence-corrected chi connectivity index (χ3v) is 5.75. The minimum absolute atomic E-state index is 0.250. The van der Waals surface area contributed by atoms with Crippen LogP contribution >= 0.6 is 11.3 Å². The number of fused-ring (bicyclic) bond motifs is 1. The largest absolute Gasteiger partial charge is 0.419 e. The molecule has 0 aliphatic carbocycles. The van der Waals surface area contributed by atoms with Gasteiger partial charge in [0.2, 0.25) is 10.1 Å². The topological polar surface area (TPSA) is 98.4 Å². The Balaban J connectivity index is 1.60. The minimum Gasteiger partial charge on any atom is -0.383 e. The fraction of sp³-hybridized carbons (Fsp3) is 0.438. The molecule has 1 aliphatic rings. The second-order valence-electron chi connectivity index (χ2n) is 6.56. The Kier molecular flexibility index (Phi) is 4.42. The summed E-state index contributed by atoms with van der Waals surface area (Å²) in [6.45, 7) is 2.48. The highest BCUT2D eigenvalue weighted by molar-refractivity contribution is 7.20. The number of hydrogen-bond donors (Lipinski definition) is 2. The molecular weight excluding hydrogens is 379 g/mol. The smallest absolute Gasteiger partial charge is 0.383 e. The van der Waals surface area contributed by atoms with Gasteiger partial charge < -0.3 is 16.4 Å². The Labute approximate surface area is 156 Å². The molecule has 0 amide bonds. The first-order chi connectivity index (χ1) is 12.8. The number of aromatic nitrogens is 4. The first-order valence-electron chi connectivity index (χ1n) is 8.49. The van der Waals surface area contributed by atoms with E-state index < -0.39 is 17.6 Å². The highest BCUT2D eigenvalue weighted by Gasteiger charge is 2.34. The molecule has 1 saturated heterocycles. The van der Waals surface area contributed by atoms with Crippen LogP contribution in [0, 0.1) is 5.92 Å². The van der Waals surface area contributed by atoms with Crippen LogP contribution in [0.15, 0.2) is 18.5 Å². The van der Waals surface area contributed by atoms with Gasteiger partial charge in [0, 0.05) is 24.8 Å². The maximum absolute atomic E-state index is 13.0. The molecule has 1 fully saturated rings. The Morgan fingerprint density at radius 2 is 2.00 bits per heavy atom. The van der Waals surface area contributed by atoms with Crippen molar-refractivity contribution >= 4 is 27.2 Å². The number of nitrogens with zero attached hydrogens (tertiary/aromatic N) is 5. The molecule has 0 radical (unpaired) electrons. The van der Waals surface area contributed by atoms with E-state index in [-0.39, 0.29) is 5.56 Å². The molecule has 11 heteroatoms. The van der Waals surface area contributed by atoms with Gasteiger partial charge in [-0.3, -0.25) is 0 Å². The van der Waals surface area contributed by atoms with Crippen LogP contribution in [-0.2, 0) is 6.18 Å². The van der Waals surface area contributed by atoms with Gasteiger partial charge in [-0.15, -0.1) is 5.10 Å². The van der Waals surface area contributed by atoms with E-state index in [1.807, 2.05) is 0 Å². The summed E-state index contributed by atoms with van der Waals surface area (Å²) in [5.74, 6) is 0.00584. The molecule has 144 valence electrons. The maximum Gasteiger partial charge on any atom is 0.419 e. The van der Waals surface area contributed by atoms with E-state index in [0.717, 1.165) is 37.1 Å². The standard InChI is InChI=1S/C16H18F3N7S/c17-16(18,19)11-5-10(7-22-13(11)21)12-8-26-14(23-12)27-15(24-26)25-3-1-9(6-20)2-4-25/h5,7-9H,1-4,6,20H2,(H2,21,22). The Hall–Kier alpha value is -2.40. The molecule has 4 rings (SSSR count). The number of pyridine rings is 1. The molecule has 1 aliphatic heterocycles. The van der Waals surface area contributed by atoms with Crippen LogP contribution in [0.2, 0.25) is 0 Å². The SMILES string of the molecule is NCC1CCN(c2nn3cc(-c4cnc(N)c(C(F)(F)F)c4)nc3s2)CC1. The highest BCUT2D eigenvalue weighted by atomic mass is 32.1. The van der Waals surface area contributed by atoms with Crippen LogP contribution in [0.25, 0.3) is 16.2 Å². The summed E-state index contributed by atoms with van der Waals surface area (Å²) in [5, 5.41) is 5.37. The van der Waals surface area contributed by atoms with E-state index in [1.165, 1.54) is 17.5 Å². The van der Waals surface area contributed by atoms with Crippen molar-refractivity contribution in [2.75, 3.05) is 30.3 Å². The summed E-state index contributed by atoms with van der Waals surface area (Å²) >= 11 is 1.41. The fourth-order valence-corrected chi connectivity index (χ4v) is 4.09. The molecular formula is C16H18F3N7S. The average Bonchev–Trinajstić information content (AvgIpc) is 3.20. The first kappa shape index (κ1) is 18.0. The van der Waals surface area contributed by atoms with Gasteiger partial charge in [0.1, 0.15) is 5.82 Å². The Morgan fingerprint density at radius 1 is 1.26 bits per heavy atom. The van der Waals surface area contributed by atoms with Gasteiger partial charge in [-0.2, -0.15) is 13.2 Å². The van der Waals surface area contributed by atoms with Crippen molar-refractivity contribution in [1.82, 2.24) is 19.6 Å². The number of imidazole rings is 1. The predicted molar refractivity (Wildman–Crippen MR) is 97.5 cm³/mol. The van der Waals surface area contributed by atoms with E-state index >= 15 is 0 Å². The Bertz CT molecular complexity index is 925. The monoisotopic (exact) mass is 397 g/mol. The van der Waals surface area contributed by atoms with Gasteiger partial charge in [-0.25, -0.2) is 14.5 Å². The van der Waals surface area contributed by atoms with Gasteiger partial charge >= 0.3 is 6.18 Å². The molecule has 3 aromatic rings. The van der Waals surface area contributed by atoms with Gasteiger partial charge in [-0.05, 0) is 31.4 Å². The lowest BCUT2D eigenvalue weighted by Gasteiger charge is -2.30. The van der Waals surface area contributed by atoms with E-state index in [4.69, 9.17) is 11.5 Å². The van der Waals surface area contributed by atoms with Crippen molar-refractivity contribution in [1.29, 1.82) is 0 Å². The molecule has 0 bridgehead atoms. The summed E-state index contributed by atoms with van der Waals surface area (Å²) in [6.07, 6.45) is 0.387. The minimum atomic E-state index is -4.56. The van der Waals surface area contributed by atoms with Crippen LogP contribution in [0.1, 0.15) is 18.4 Å². The number of hydrogen-bond acceptors (Lipinski definition) is 7. The fourth-order valence-electron chi connectivity index (χ4n) is 3.16. The number of rotatable bonds is 3. The summed E-state index contributed by atoms with van der Waals surface area (Å²) in [5.41, 5.74) is 10.7. The number of nitrogens with two attached hydrogens (primary N) is 2. The normalized spacial score (nSPS) is 16.4. The van der Waals surface area contributed by atoms with Crippen LogP contribution in [0.4, 0.5) is 24.1 Å². The van der Waals surface area contributed by atoms with Gasteiger partial charge in [-0.1, -0.05) is 11.3 Å². The van der Waals surface area contributed by atoms with Crippen molar-refractivity contribution in [2.45, 2.75) is 19.0 Å². The summed E-state index contributed by atoms with van der Waals surface area (Å²) in [6, 6.07) is 0.966. The van der Waals surface area contributed by atoms with Crippen LogP contribution in [0.5, 0.6) is 0 Å². The lowest BCUT2D eigenvalue weighted by Crippen LogP contribution is -2.36. The van der Waals surface area contributed by atoms with Crippen LogP contribution in [-0.4, -0.2) is 39.2 Å². The summed E-state index contributed by atoms with van der Waals surface area (Å²) in [4.78, 5) is 10.9. The van der Waals surface area contributed by atoms with Gasteiger partial charge in [0.15, 0.2) is 0 Å². The van der Waals surface area contributed by atoms with Gasteiger partial charge in [0.25, 0.3) is 0 Å². The molecule has 27 heavy (non-hydrogen) atoms. The molecule has 3 aromatic heterocycles. The first-order valence-corrected chi connectivity index (χ1v) is 9.31. The van der Waals surface area contributed by atoms with Crippen molar-refractivity contribution in [3.63, 3.8) is 0 Å². The molecule has 0 saturated carbocycles. The lowest BCUT2D eigenvalue weighted by molar-refractivity contribution is -0.137. The summed E-state index contributed by atoms with van der Waals surface area (Å²) in [7, 11) is 0. The van der Waals surface area contributed by atoms with Crippen molar-refractivity contribution in [3.05, 3.63) is 24.0 Å². The molecule has 4 heterocycles. The van der Waals surface area contributed by atoms with Crippen LogP contribution < -0.4 is 16.4 Å². The molecule has 0 unspecified atom stereocenters. The van der Waals surface area contributed by atoms with E-state index in [2.05, 4.69) is 20.0 Å². The van der Waals surface area contributed by atoms with Crippen LogP contribution in [0.3, 0.4) is 0 Å². The van der Waals surface area contributed by atoms with E-state index in [0.29, 0.717) is 23.1 Å². The highest BCUT2D eigenvalue weighted by Crippen LogP contribution is 2.35. The predicted octanol–water partition coefficient (Wildman–Crippen LogP) is 2.63. The lowest BCUT2D eigenvalue weighted by atomic mass is 9.98. The molecule has 0 spiro atoms. The Morgan fingerprint density at radius 3 is 2.63 bits per heavy atom. The van der Waals surface area contributed by atoms with Crippen molar-refractivity contribution in [3.8, 4) is 11.3 Å². The quantitative estimate of drug-likeness (QED) is 0.705. The zero-order chi connectivity index (χ0) is 19.2. The summed E-state index contributed by atoms with van der Waals surface area (Å²) < 4.78 is 40.7. The average molecular weight is 397 g/mol. The van der Waals surface area contributed by atoms with Gasteiger partial charge in [0.05, 0.1) is 17.5 Å². The molecule has 0 aromatic carbocycles. The zero-order valence-corrected chi connectivity index (χ0v) is 15.1. The third-order valence-electron chi connectivity index (χ3n) is 4.77. The molecule has 7 nitrogen and oxygen atoms in total. The van der Waals surface area contributed by atoms with Crippen molar-refractivity contribution < 1.29 is 13.2 Å². The third kappa shape index (κ3) is 3.44. The number of halogens is 3. The van der Waals surface area contributed by atoms with Crippen molar-refractivity contribution in [2.24, 2.45) is 11.7 Å². The number of alkyl halides is 3. The number of nitrogen functional groups attached to an aromatic ring is 1. The second kappa shape index (κ2) is 6.64. The molecule has 0 atom stereocenters. The van der Waals surface area contributed by atoms with E-state index in [1.54, 1.807) is 10.7 Å². The number of piperidine rings is 1. The van der Waals surface area contributed by atoms with E-state index in [9.17, 15) is 13.2 Å². The molecule has 4 N–H and O–H groups in total. The second-order valence-corrected chi connectivity index (χ2v) is 7.49. The maximum atomic E-state index is 13.0.